The summed E-state index contributed by atoms with van der Waals surface area (Å²) in [6, 6.07) is 6.33. The van der Waals surface area contributed by atoms with Crippen molar-refractivity contribution in [2.24, 2.45) is 5.92 Å². The topological polar surface area (TPSA) is 32.7 Å². The maximum absolute atomic E-state index is 10.3. The quantitative estimate of drug-likeness (QED) is 0.848. The fourth-order valence-electron chi connectivity index (χ4n) is 3.02. The van der Waals surface area contributed by atoms with Crippen molar-refractivity contribution in [1.29, 1.82) is 0 Å². The summed E-state index contributed by atoms with van der Waals surface area (Å²) in [5.41, 5.74) is 2.41. The number of ether oxygens (including phenoxy) is 1. The standard InChI is InChI=1S/C19H31NO2.ClH/c1-14(2)18-6-5-16(4)11-19(18)22-13-17(21)12-20-9-7-15(3)8-10-20;/h5-6,11,14-15,17,21H,7-10,12-13H2,1-4H3;1H. The molecule has 0 radical (unpaired) electrons. The lowest BCUT2D eigenvalue weighted by molar-refractivity contribution is 0.0559. The molecule has 1 aliphatic heterocycles. The van der Waals surface area contributed by atoms with Gasteiger partial charge >= 0.3 is 0 Å². The smallest absolute Gasteiger partial charge is 0.123 e. The van der Waals surface area contributed by atoms with Crippen LogP contribution < -0.4 is 4.74 Å². The third-order valence-electron chi connectivity index (χ3n) is 4.57. The molecular weight excluding hydrogens is 310 g/mol. The monoisotopic (exact) mass is 341 g/mol. The van der Waals surface area contributed by atoms with Gasteiger partial charge in [0.2, 0.25) is 0 Å². The molecule has 0 aliphatic carbocycles. The van der Waals surface area contributed by atoms with E-state index in [9.17, 15) is 5.11 Å². The molecule has 1 N–H and O–H groups in total. The molecule has 1 fully saturated rings. The summed E-state index contributed by atoms with van der Waals surface area (Å²) in [6.45, 7) is 12.0. The molecule has 0 amide bonds. The fraction of sp³-hybridized carbons (Fsp3) is 0.684. The van der Waals surface area contributed by atoms with E-state index in [2.05, 4.69) is 50.8 Å². The predicted molar refractivity (Wildman–Crippen MR) is 98.9 cm³/mol. The Balaban J connectivity index is 0.00000264. The van der Waals surface area contributed by atoms with Crippen molar-refractivity contribution in [3.8, 4) is 5.75 Å². The molecule has 1 aromatic rings. The van der Waals surface area contributed by atoms with Crippen LogP contribution in [0.25, 0.3) is 0 Å². The summed E-state index contributed by atoms with van der Waals surface area (Å²) in [7, 11) is 0. The normalized spacial score (nSPS) is 17.8. The Bertz CT molecular complexity index is 470. The number of likely N-dealkylation sites (tertiary alicyclic amines) is 1. The van der Waals surface area contributed by atoms with Gasteiger partial charge in [-0.3, -0.25) is 0 Å². The lowest BCUT2D eigenvalue weighted by Crippen LogP contribution is -2.40. The summed E-state index contributed by atoms with van der Waals surface area (Å²) >= 11 is 0. The number of β-amino-alcohol motifs (C(OH)–C–C–N with tert-alkyl or cyclic N) is 1. The van der Waals surface area contributed by atoms with Crippen LogP contribution in [0.3, 0.4) is 0 Å². The third-order valence-corrected chi connectivity index (χ3v) is 4.57. The number of aliphatic hydroxyl groups is 1. The molecule has 0 spiro atoms. The van der Waals surface area contributed by atoms with Crippen LogP contribution >= 0.6 is 12.4 Å². The Morgan fingerprint density at radius 3 is 2.52 bits per heavy atom. The van der Waals surface area contributed by atoms with E-state index in [1.54, 1.807) is 0 Å². The number of aliphatic hydroxyl groups excluding tert-OH is 1. The zero-order valence-corrected chi connectivity index (χ0v) is 15.7. The molecule has 1 aliphatic rings. The number of piperidine rings is 1. The van der Waals surface area contributed by atoms with Crippen LogP contribution in [0.15, 0.2) is 18.2 Å². The lowest BCUT2D eigenvalue weighted by atomic mass is 9.99. The van der Waals surface area contributed by atoms with Crippen molar-refractivity contribution in [2.45, 2.75) is 52.6 Å². The van der Waals surface area contributed by atoms with Crippen molar-refractivity contribution in [1.82, 2.24) is 4.90 Å². The molecule has 1 saturated heterocycles. The Morgan fingerprint density at radius 1 is 1.26 bits per heavy atom. The van der Waals surface area contributed by atoms with E-state index in [0.29, 0.717) is 12.5 Å². The van der Waals surface area contributed by atoms with Crippen molar-refractivity contribution >= 4 is 12.4 Å². The van der Waals surface area contributed by atoms with Gasteiger partial charge < -0.3 is 14.7 Å². The Hall–Kier alpha value is -0.770. The van der Waals surface area contributed by atoms with Crippen molar-refractivity contribution < 1.29 is 9.84 Å². The van der Waals surface area contributed by atoms with E-state index in [1.807, 2.05) is 0 Å². The second-order valence-corrected chi connectivity index (χ2v) is 7.14. The Morgan fingerprint density at radius 2 is 1.91 bits per heavy atom. The number of benzene rings is 1. The Labute approximate surface area is 147 Å². The van der Waals surface area contributed by atoms with Gasteiger partial charge in [0, 0.05) is 6.54 Å². The average Bonchev–Trinajstić information content (AvgIpc) is 2.47. The van der Waals surface area contributed by atoms with E-state index < -0.39 is 6.10 Å². The molecule has 132 valence electrons. The van der Waals surface area contributed by atoms with Crippen molar-refractivity contribution in [3.05, 3.63) is 29.3 Å². The fourth-order valence-corrected chi connectivity index (χ4v) is 3.02. The SMILES string of the molecule is Cc1ccc(C(C)C)c(OCC(O)CN2CCC(C)CC2)c1.Cl. The molecule has 1 unspecified atom stereocenters. The number of hydrogen-bond donors (Lipinski definition) is 1. The molecule has 1 heterocycles. The highest BCUT2D eigenvalue weighted by molar-refractivity contribution is 5.85. The molecule has 23 heavy (non-hydrogen) atoms. The largest absolute Gasteiger partial charge is 0.491 e. The molecule has 4 heteroatoms. The van der Waals surface area contributed by atoms with E-state index in [0.717, 1.165) is 31.3 Å². The first-order valence-electron chi connectivity index (χ1n) is 8.59. The number of rotatable bonds is 6. The first-order chi connectivity index (χ1) is 10.5. The molecule has 2 rings (SSSR count). The van der Waals surface area contributed by atoms with E-state index >= 15 is 0 Å². The van der Waals surface area contributed by atoms with E-state index in [4.69, 9.17) is 4.74 Å². The number of aryl methyl sites for hydroxylation is 1. The van der Waals surface area contributed by atoms with Crippen LogP contribution in [0.5, 0.6) is 5.75 Å². The van der Waals surface area contributed by atoms with Gasteiger partial charge in [-0.05, 0) is 61.9 Å². The molecular formula is C19H32ClNO2. The highest BCUT2D eigenvalue weighted by Gasteiger charge is 2.19. The molecule has 0 saturated carbocycles. The van der Waals surface area contributed by atoms with E-state index in [1.165, 1.54) is 24.0 Å². The van der Waals surface area contributed by atoms with Crippen LogP contribution in [0.4, 0.5) is 0 Å². The van der Waals surface area contributed by atoms with Gasteiger partial charge in [0.1, 0.15) is 18.5 Å². The molecule has 1 atom stereocenters. The van der Waals surface area contributed by atoms with Gasteiger partial charge in [-0.2, -0.15) is 0 Å². The van der Waals surface area contributed by atoms with Gasteiger partial charge in [-0.15, -0.1) is 12.4 Å². The van der Waals surface area contributed by atoms with E-state index in [-0.39, 0.29) is 12.4 Å². The number of hydrogen-bond acceptors (Lipinski definition) is 3. The minimum atomic E-state index is -0.422. The molecule has 3 nitrogen and oxygen atoms in total. The summed E-state index contributed by atoms with van der Waals surface area (Å²) in [5.74, 6) is 2.17. The maximum atomic E-state index is 10.3. The lowest BCUT2D eigenvalue weighted by Gasteiger charge is -2.31. The summed E-state index contributed by atoms with van der Waals surface area (Å²) in [6.07, 6.45) is 2.06. The van der Waals surface area contributed by atoms with Crippen LogP contribution in [0.1, 0.15) is 50.7 Å². The van der Waals surface area contributed by atoms with Crippen LogP contribution in [0, 0.1) is 12.8 Å². The molecule has 0 bridgehead atoms. The zero-order chi connectivity index (χ0) is 16.1. The first kappa shape index (κ1) is 20.3. The van der Waals surface area contributed by atoms with Gasteiger partial charge in [-0.1, -0.05) is 32.9 Å². The minimum Gasteiger partial charge on any atom is -0.491 e. The summed E-state index contributed by atoms with van der Waals surface area (Å²) in [5, 5.41) is 10.3. The van der Waals surface area contributed by atoms with Gasteiger partial charge in [0.15, 0.2) is 0 Å². The number of nitrogens with zero attached hydrogens (tertiary/aromatic N) is 1. The van der Waals surface area contributed by atoms with Crippen LogP contribution in [0.2, 0.25) is 0 Å². The second kappa shape index (κ2) is 9.51. The average molecular weight is 342 g/mol. The number of halogens is 1. The van der Waals surface area contributed by atoms with Crippen molar-refractivity contribution in [3.63, 3.8) is 0 Å². The van der Waals surface area contributed by atoms with Gasteiger partial charge in [0.05, 0.1) is 0 Å². The molecule has 1 aromatic carbocycles. The summed E-state index contributed by atoms with van der Waals surface area (Å²) < 4.78 is 5.93. The molecule has 0 aromatic heterocycles. The van der Waals surface area contributed by atoms with Crippen molar-refractivity contribution in [2.75, 3.05) is 26.2 Å². The van der Waals surface area contributed by atoms with Gasteiger partial charge in [-0.25, -0.2) is 0 Å². The highest BCUT2D eigenvalue weighted by Crippen LogP contribution is 2.27. The van der Waals surface area contributed by atoms with Gasteiger partial charge in [0.25, 0.3) is 0 Å². The maximum Gasteiger partial charge on any atom is 0.123 e. The van der Waals surface area contributed by atoms with Crippen LogP contribution in [-0.2, 0) is 0 Å². The minimum absolute atomic E-state index is 0. The first-order valence-corrected chi connectivity index (χ1v) is 8.59. The predicted octanol–water partition coefficient (Wildman–Crippen LogP) is 4.01. The van der Waals surface area contributed by atoms with Crippen LogP contribution in [-0.4, -0.2) is 42.4 Å². The highest BCUT2D eigenvalue weighted by atomic mass is 35.5. The zero-order valence-electron chi connectivity index (χ0n) is 14.9. The summed E-state index contributed by atoms with van der Waals surface area (Å²) in [4.78, 5) is 2.35. The third kappa shape index (κ3) is 6.33. The Kier molecular flexibility index (Phi) is 8.38. The second-order valence-electron chi connectivity index (χ2n) is 7.14.